The van der Waals surface area contributed by atoms with Crippen molar-refractivity contribution < 1.29 is 14.2 Å². The molecule has 0 unspecified atom stereocenters. The number of thiophene rings is 2. The lowest BCUT2D eigenvalue weighted by atomic mass is 10.4. The maximum Gasteiger partial charge on any atom is 0.174 e. The van der Waals surface area contributed by atoms with Crippen molar-refractivity contribution in [2.24, 2.45) is 0 Å². The number of ether oxygens (including phenoxy) is 3. The third kappa shape index (κ3) is 4.10. The van der Waals surface area contributed by atoms with Gasteiger partial charge in [-0.05, 0) is 23.6 Å². The molecule has 0 aromatic carbocycles. The Balaban J connectivity index is 1.71. The SMILES string of the molecule is COCCOCCOc1ccc(-c2cccs2)s1. The molecule has 0 atom stereocenters. The Morgan fingerprint density at radius 1 is 1.00 bits per heavy atom. The average Bonchev–Trinajstić information content (AvgIpc) is 3.03. The molecule has 0 amide bonds. The van der Waals surface area contributed by atoms with Crippen LogP contribution in [-0.4, -0.2) is 33.5 Å². The molecule has 2 heterocycles. The molecule has 0 aliphatic heterocycles. The molecular formula is C13H16O3S2. The van der Waals surface area contributed by atoms with Gasteiger partial charge in [-0.1, -0.05) is 17.4 Å². The fourth-order valence-corrected chi connectivity index (χ4v) is 3.11. The van der Waals surface area contributed by atoms with Crippen molar-refractivity contribution >= 4 is 22.7 Å². The van der Waals surface area contributed by atoms with Crippen LogP contribution in [0.1, 0.15) is 0 Å². The van der Waals surface area contributed by atoms with Crippen LogP contribution in [0.25, 0.3) is 9.75 Å². The van der Waals surface area contributed by atoms with Gasteiger partial charge in [0.2, 0.25) is 0 Å². The Bertz CT molecular complexity index is 437. The minimum Gasteiger partial charge on any atom is -0.482 e. The van der Waals surface area contributed by atoms with Gasteiger partial charge >= 0.3 is 0 Å². The lowest BCUT2D eigenvalue weighted by molar-refractivity contribution is 0.0550. The predicted molar refractivity (Wildman–Crippen MR) is 75.8 cm³/mol. The molecule has 0 spiro atoms. The van der Waals surface area contributed by atoms with E-state index in [0.717, 1.165) is 5.06 Å². The second-order valence-corrected chi connectivity index (χ2v) is 5.54. The van der Waals surface area contributed by atoms with Gasteiger partial charge in [0.25, 0.3) is 0 Å². The Morgan fingerprint density at radius 3 is 2.67 bits per heavy atom. The van der Waals surface area contributed by atoms with Crippen molar-refractivity contribution in [2.75, 3.05) is 33.5 Å². The first-order valence-electron chi connectivity index (χ1n) is 5.73. The van der Waals surface area contributed by atoms with E-state index in [1.807, 2.05) is 6.07 Å². The summed E-state index contributed by atoms with van der Waals surface area (Å²) in [4.78, 5) is 2.53. The van der Waals surface area contributed by atoms with E-state index in [1.165, 1.54) is 9.75 Å². The van der Waals surface area contributed by atoms with Gasteiger partial charge in [0.15, 0.2) is 5.06 Å². The first-order valence-corrected chi connectivity index (χ1v) is 7.43. The highest BCUT2D eigenvalue weighted by Gasteiger charge is 2.04. The summed E-state index contributed by atoms with van der Waals surface area (Å²) in [5, 5.41) is 3.02. The summed E-state index contributed by atoms with van der Waals surface area (Å²) in [7, 11) is 1.66. The smallest absolute Gasteiger partial charge is 0.174 e. The summed E-state index contributed by atoms with van der Waals surface area (Å²) in [6.45, 7) is 2.41. The first kappa shape index (κ1) is 13.5. The van der Waals surface area contributed by atoms with Gasteiger partial charge in [0, 0.05) is 16.9 Å². The molecular weight excluding hydrogens is 268 g/mol. The minimum atomic E-state index is 0.577. The third-order valence-electron chi connectivity index (χ3n) is 2.25. The van der Waals surface area contributed by atoms with E-state index in [-0.39, 0.29) is 0 Å². The molecule has 0 saturated carbocycles. The lowest BCUT2D eigenvalue weighted by Gasteiger charge is -2.04. The van der Waals surface area contributed by atoms with E-state index in [1.54, 1.807) is 29.8 Å². The quantitative estimate of drug-likeness (QED) is 0.694. The van der Waals surface area contributed by atoms with Gasteiger partial charge in [-0.15, -0.1) is 11.3 Å². The molecule has 0 radical (unpaired) electrons. The van der Waals surface area contributed by atoms with Crippen molar-refractivity contribution in [1.29, 1.82) is 0 Å². The highest BCUT2D eigenvalue weighted by molar-refractivity contribution is 7.22. The van der Waals surface area contributed by atoms with Crippen molar-refractivity contribution in [2.45, 2.75) is 0 Å². The van der Waals surface area contributed by atoms with Crippen molar-refractivity contribution in [3.63, 3.8) is 0 Å². The molecule has 0 N–H and O–H groups in total. The molecule has 5 heteroatoms. The van der Waals surface area contributed by atoms with E-state index in [9.17, 15) is 0 Å². The van der Waals surface area contributed by atoms with Crippen LogP contribution in [0.2, 0.25) is 0 Å². The Morgan fingerprint density at radius 2 is 1.89 bits per heavy atom. The summed E-state index contributed by atoms with van der Waals surface area (Å²) in [5.41, 5.74) is 0. The zero-order valence-corrected chi connectivity index (χ0v) is 11.9. The summed E-state index contributed by atoms with van der Waals surface area (Å²) in [5.74, 6) is 0. The fraction of sp³-hybridized carbons (Fsp3) is 0.385. The van der Waals surface area contributed by atoms with Crippen LogP contribution in [0.5, 0.6) is 5.06 Å². The molecule has 0 aliphatic carbocycles. The van der Waals surface area contributed by atoms with E-state index >= 15 is 0 Å². The number of hydrogen-bond donors (Lipinski definition) is 0. The predicted octanol–water partition coefficient (Wildman–Crippen LogP) is 3.52. The topological polar surface area (TPSA) is 27.7 Å². The van der Waals surface area contributed by atoms with Crippen LogP contribution in [-0.2, 0) is 9.47 Å². The fourth-order valence-electron chi connectivity index (χ4n) is 1.39. The van der Waals surface area contributed by atoms with E-state index in [2.05, 4.69) is 23.6 Å². The summed E-state index contributed by atoms with van der Waals surface area (Å²) >= 11 is 3.41. The maximum atomic E-state index is 5.62. The van der Waals surface area contributed by atoms with Gasteiger partial charge in [-0.25, -0.2) is 0 Å². The molecule has 98 valence electrons. The summed E-state index contributed by atoms with van der Waals surface area (Å²) in [6, 6.07) is 8.28. The molecule has 2 rings (SSSR count). The molecule has 0 saturated heterocycles. The molecule has 2 aromatic rings. The van der Waals surface area contributed by atoms with Gasteiger partial charge in [-0.2, -0.15) is 0 Å². The second kappa shape index (κ2) is 7.53. The highest BCUT2D eigenvalue weighted by atomic mass is 32.1. The van der Waals surface area contributed by atoms with E-state index < -0.39 is 0 Å². The van der Waals surface area contributed by atoms with E-state index in [0.29, 0.717) is 26.4 Å². The zero-order valence-electron chi connectivity index (χ0n) is 10.3. The van der Waals surface area contributed by atoms with Crippen LogP contribution in [0.15, 0.2) is 29.6 Å². The lowest BCUT2D eigenvalue weighted by Crippen LogP contribution is -2.09. The molecule has 18 heavy (non-hydrogen) atoms. The third-order valence-corrected chi connectivity index (χ3v) is 4.31. The van der Waals surface area contributed by atoms with Crippen molar-refractivity contribution in [3.8, 4) is 14.8 Å². The van der Waals surface area contributed by atoms with Crippen molar-refractivity contribution in [3.05, 3.63) is 29.6 Å². The Kier molecular flexibility index (Phi) is 5.67. The molecule has 0 fully saturated rings. The summed E-state index contributed by atoms with van der Waals surface area (Å²) < 4.78 is 15.8. The minimum absolute atomic E-state index is 0.577. The number of hydrogen-bond acceptors (Lipinski definition) is 5. The molecule has 2 aromatic heterocycles. The molecule has 3 nitrogen and oxygen atoms in total. The van der Waals surface area contributed by atoms with Crippen LogP contribution in [0.4, 0.5) is 0 Å². The van der Waals surface area contributed by atoms with Crippen LogP contribution in [0.3, 0.4) is 0 Å². The van der Waals surface area contributed by atoms with Crippen LogP contribution < -0.4 is 4.74 Å². The van der Waals surface area contributed by atoms with Gasteiger partial charge in [-0.3, -0.25) is 0 Å². The molecule has 0 bridgehead atoms. The Labute approximate surface area is 115 Å². The van der Waals surface area contributed by atoms with E-state index in [4.69, 9.17) is 14.2 Å². The number of rotatable bonds is 8. The summed E-state index contributed by atoms with van der Waals surface area (Å²) in [6.07, 6.45) is 0. The highest BCUT2D eigenvalue weighted by Crippen LogP contribution is 2.35. The van der Waals surface area contributed by atoms with Gasteiger partial charge in [0.1, 0.15) is 6.61 Å². The standard InChI is InChI=1S/C13H16O3S2/c1-14-6-7-15-8-9-16-13-5-4-12(18-13)11-3-2-10-17-11/h2-5,10H,6-9H2,1H3. The van der Waals surface area contributed by atoms with Gasteiger partial charge < -0.3 is 14.2 Å². The maximum absolute atomic E-state index is 5.62. The van der Waals surface area contributed by atoms with Crippen LogP contribution >= 0.6 is 22.7 Å². The van der Waals surface area contributed by atoms with Crippen molar-refractivity contribution in [1.82, 2.24) is 0 Å². The normalized spacial score (nSPS) is 10.7. The Hall–Kier alpha value is -0.880. The molecule has 0 aliphatic rings. The van der Waals surface area contributed by atoms with Gasteiger partial charge in [0.05, 0.1) is 19.8 Å². The van der Waals surface area contributed by atoms with Crippen LogP contribution in [0, 0.1) is 0 Å². The monoisotopic (exact) mass is 284 g/mol. The average molecular weight is 284 g/mol. The number of methoxy groups -OCH3 is 1. The largest absolute Gasteiger partial charge is 0.482 e. The second-order valence-electron chi connectivity index (χ2n) is 3.55. The zero-order chi connectivity index (χ0) is 12.6. The first-order chi connectivity index (χ1) is 8.90.